The van der Waals surface area contributed by atoms with Gasteiger partial charge in [-0.15, -0.1) is 10.2 Å². The van der Waals surface area contributed by atoms with Gasteiger partial charge in [0.25, 0.3) is 5.91 Å². The third-order valence-corrected chi connectivity index (χ3v) is 6.18. The van der Waals surface area contributed by atoms with Gasteiger partial charge in [0.2, 0.25) is 0 Å². The van der Waals surface area contributed by atoms with Crippen LogP contribution < -0.4 is 5.43 Å². The van der Waals surface area contributed by atoms with Crippen LogP contribution in [0, 0.1) is 0 Å². The van der Waals surface area contributed by atoms with E-state index in [2.05, 4.69) is 51.7 Å². The first kappa shape index (κ1) is 23.7. The molecule has 0 aliphatic carbocycles. The second kappa shape index (κ2) is 11.1. The molecular weight excluding hydrogens is 468 g/mol. The summed E-state index contributed by atoms with van der Waals surface area (Å²) >= 11 is 7.34. The molecule has 2 heterocycles. The third-order valence-electron chi connectivity index (χ3n) is 5.00. The molecule has 0 saturated carbocycles. The van der Waals surface area contributed by atoms with E-state index in [1.54, 1.807) is 30.7 Å². The van der Waals surface area contributed by atoms with Crippen LogP contribution >= 0.6 is 23.4 Å². The Labute approximate surface area is 207 Å². The second-order valence-electron chi connectivity index (χ2n) is 7.76. The maximum absolute atomic E-state index is 12.4. The van der Waals surface area contributed by atoms with Gasteiger partial charge in [-0.2, -0.15) is 5.10 Å². The molecule has 4 aromatic rings. The molecule has 0 fully saturated rings. The van der Waals surface area contributed by atoms with Crippen molar-refractivity contribution < 1.29 is 4.79 Å². The summed E-state index contributed by atoms with van der Waals surface area (Å²) in [5, 5.41) is 14.0. The van der Waals surface area contributed by atoms with Crippen LogP contribution in [0.3, 0.4) is 0 Å². The minimum absolute atomic E-state index is 0.131. The first-order valence-electron chi connectivity index (χ1n) is 10.7. The number of halogens is 1. The fourth-order valence-corrected chi connectivity index (χ4v) is 4.05. The maximum Gasteiger partial charge on any atom is 0.250 e. The molecule has 0 bridgehead atoms. The van der Waals surface area contributed by atoms with E-state index in [0.717, 1.165) is 16.8 Å². The highest BCUT2D eigenvalue weighted by molar-refractivity contribution is 7.99. The summed E-state index contributed by atoms with van der Waals surface area (Å²) in [6.07, 6.45) is 5.03. The van der Waals surface area contributed by atoms with Gasteiger partial charge in [-0.05, 0) is 53.4 Å². The molecule has 0 atom stereocenters. The summed E-state index contributed by atoms with van der Waals surface area (Å²) in [6, 6.07) is 19.2. The Balaban J connectivity index is 1.45. The lowest BCUT2D eigenvalue weighted by Crippen LogP contribution is -2.20. The first-order chi connectivity index (χ1) is 16.5. The summed E-state index contributed by atoms with van der Waals surface area (Å²) in [5.74, 6) is 1.01. The number of nitrogens with one attached hydrogen (secondary N) is 1. The molecule has 0 aliphatic heterocycles. The summed E-state index contributed by atoms with van der Waals surface area (Å²) < 4.78 is 1.89. The lowest BCUT2D eigenvalue weighted by Gasteiger charge is -2.10. The summed E-state index contributed by atoms with van der Waals surface area (Å²) in [4.78, 5) is 16.5. The Morgan fingerprint density at radius 2 is 1.76 bits per heavy atom. The summed E-state index contributed by atoms with van der Waals surface area (Å²) in [7, 11) is 0. The number of carbonyl (C=O) groups excluding carboxylic acids is 1. The lowest BCUT2D eigenvalue weighted by atomic mass is 10.0. The molecule has 34 heavy (non-hydrogen) atoms. The third kappa shape index (κ3) is 5.89. The number of benzene rings is 2. The zero-order valence-electron chi connectivity index (χ0n) is 18.7. The Kier molecular flexibility index (Phi) is 7.72. The van der Waals surface area contributed by atoms with Crippen molar-refractivity contribution in [3.05, 3.63) is 89.2 Å². The molecule has 7 nitrogen and oxygen atoms in total. The van der Waals surface area contributed by atoms with Gasteiger partial charge in [-0.25, -0.2) is 5.43 Å². The molecule has 4 rings (SSSR count). The van der Waals surface area contributed by atoms with E-state index in [-0.39, 0.29) is 11.7 Å². The molecule has 0 spiro atoms. The molecule has 1 amide bonds. The average Bonchev–Trinajstić information content (AvgIpc) is 3.28. The van der Waals surface area contributed by atoms with E-state index in [9.17, 15) is 4.79 Å². The van der Waals surface area contributed by atoms with Crippen LogP contribution in [0.15, 0.2) is 83.3 Å². The Morgan fingerprint density at radius 1 is 1.06 bits per heavy atom. The molecule has 0 saturated heterocycles. The van der Waals surface area contributed by atoms with Crippen LogP contribution in [-0.4, -0.2) is 37.6 Å². The number of nitrogens with zero attached hydrogens (tertiary/aromatic N) is 5. The van der Waals surface area contributed by atoms with Crippen LogP contribution in [-0.2, 0) is 4.79 Å². The molecule has 0 unspecified atom stereocenters. The number of aromatic nitrogens is 4. The number of pyridine rings is 1. The van der Waals surface area contributed by atoms with Crippen molar-refractivity contribution in [2.24, 2.45) is 5.10 Å². The Morgan fingerprint density at radius 3 is 2.44 bits per heavy atom. The molecule has 0 radical (unpaired) electrons. The van der Waals surface area contributed by atoms with Crippen LogP contribution in [0.1, 0.15) is 30.9 Å². The van der Waals surface area contributed by atoms with Gasteiger partial charge in [0.05, 0.1) is 12.0 Å². The molecular formula is C25H23ClN6OS. The zero-order chi connectivity index (χ0) is 23.9. The largest absolute Gasteiger partial charge is 0.272 e. The molecule has 9 heteroatoms. The van der Waals surface area contributed by atoms with Gasteiger partial charge in [0, 0.05) is 28.7 Å². The number of thioether (sulfide) groups is 1. The molecule has 172 valence electrons. The highest BCUT2D eigenvalue weighted by Gasteiger charge is 2.17. The van der Waals surface area contributed by atoms with Gasteiger partial charge >= 0.3 is 0 Å². The normalized spacial score (nSPS) is 11.3. The summed E-state index contributed by atoms with van der Waals surface area (Å²) in [5.41, 5.74) is 6.45. The molecule has 1 N–H and O–H groups in total. The number of hydrogen-bond acceptors (Lipinski definition) is 6. The molecule has 2 aromatic carbocycles. The number of amides is 1. The number of carbonyl (C=O) groups is 1. The maximum atomic E-state index is 12.4. The zero-order valence-corrected chi connectivity index (χ0v) is 20.3. The SMILES string of the molecule is CC(C)c1ccc(/C=N\NC(=O)CSc2nnc(-c3ccncc3)n2-c2ccc(Cl)cc2)cc1. The Bertz CT molecular complexity index is 1270. The van der Waals surface area contributed by atoms with Crippen molar-refractivity contribution in [1.29, 1.82) is 0 Å². The highest BCUT2D eigenvalue weighted by atomic mass is 35.5. The second-order valence-corrected chi connectivity index (χ2v) is 9.14. The topological polar surface area (TPSA) is 85.1 Å². The van der Waals surface area contributed by atoms with Crippen LogP contribution in [0.2, 0.25) is 5.02 Å². The van der Waals surface area contributed by atoms with Gasteiger partial charge in [0.15, 0.2) is 11.0 Å². The quantitative estimate of drug-likeness (QED) is 0.204. The van der Waals surface area contributed by atoms with Gasteiger partial charge in [-0.1, -0.05) is 61.5 Å². The van der Waals surface area contributed by atoms with E-state index in [0.29, 0.717) is 21.9 Å². The van der Waals surface area contributed by atoms with E-state index in [4.69, 9.17) is 11.6 Å². The molecule has 2 aromatic heterocycles. The van der Waals surface area contributed by atoms with Crippen LogP contribution in [0.25, 0.3) is 17.1 Å². The fourth-order valence-electron chi connectivity index (χ4n) is 3.18. The standard InChI is InChI=1S/C25H23ClN6OS/c1-17(2)19-5-3-18(4-6-19)15-28-29-23(33)16-34-25-31-30-24(20-11-13-27-14-12-20)32(25)22-9-7-21(26)8-10-22/h3-15,17H,16H2,1-2H3,(H,29,33)/b28-15-. The number of hydrogen-bond donors (Lipinski definition) is 1. The van der Waals surface area contributed by atoms with E-state index in [1.807, 2.05) is 41.0 Å². The Hall–Kier alpha value is -3.49. The van der Waals surface area contributed by atoms with E-state index >= 15 is 0 Å². The van der Waals surface area contributed by atoms with E-state index < -0.39 is 0 Å². The van der Waals surface area contributed by atoms with E-state index in [1.165, 1.54) is 17.3 Å². The van der Waals surface area contributed by atoms with Crippen molar-refractivity contribution in [1.82, 2.24) is 25.2 Å². The van der Waals surface area contributed by atoms with Gasteiger partial charge in [-0.3, -0.25) is 14.3 Å². The predicted molar refractivity (Wildman–Crippen MR) is 137 cm³/mol. The van der Waals surface area contributed by atoms with Gasteiger partial charge < -0.3 is 0 Å². The number of hydrazone groups is 1. The van der Waals surface area contributed by atoms with Crippen molar-refractivity contribution in [3.63, 3.8) is 0 Å². The average molecular weight is 491 g/mol. The minimum Gasteiger partial charge on any atom is -0.272 e. The first-order valence-corrected chi connectivity index (χ1v) is 12.0. The fraction of sp³-hybridized carbons (Fsp3) is 0.160. The monoisotopic (exact) mass is 490 g/mol. The van der Waals surface area contributed by atoms with Crippen molar-refractivity contribution in [2.75, 3.05) is 5.75 Å². The predicted octanol–water partition coefficient (Wildman–Crippen LogP) is 5.35. The lowest BCUT2D eigenvalue weighted by molar-refractivity contribution is -0.118. The number of rotatable bonds is 8. The van der Waals surface area contributed by atoms with Crippen molar-refractivity contribution >= 4 is 35.5 Å². The van der Waals surface area contributed by atoms with Crippen LogP contribution in [0.4, 0.5) is 0 Å². The van der Waals surface area contributed by atoms with Crippen molar-refractivity contribution in [2.45, 2.75) is 24.9 Å². The highest BCUT2D eigenvalue weighted by Crippen LogP contribution is 2.28. The minimum atomic E-state index is -0.240. The summed E-state index contributed by atoms with van der Waals surface area (Å²) in [6.45, 7) is 4.30. The van der Waals surface area contributed by atoms with Crippen molar-refractivity contribution in [3.8, 4) is 17.1 Å². The molecule has 0 aliphatic rings. The smallest absolute Gasteiger partial charge is 0.250 e. The van der Waals surface area contributed by atoms with Gasteiger partial charge in [0.1, 0.15) is 0 Å². The van der Waals surface area contributed by atoms with Crippen LogP contribution in [0.5, 0.6) is 0 Å².